The Morgan fingerprint density at radius 3 is 2.39 bits per heavy atom. The first-order chi connectivity index (χ1) is 8.48. The second-order valence-corrected chi connectivity index (χ2v) is 4.88. The van der Waals surface area contributed by atoms with Gasteiger partial charge in [0.2, 0.25) is 0 Å². The zero-order valence-electron chi connectivity index (χ0n) is 11.3. The summed E-state index contributed by atoms with van der Waals surface area (Å²) in [5.74, 6) is 0.224. The van der Waals surface area contributed by atoms with Gasteiger partial charge in [-0.2, -0.15) is 0 Å². The first kappa shape index (κ1) is 15.0. The molecule has 4 heteroatoms. The summed E-state index contributed by atoms with van der Waals surface area (Å²) in [4.78, 5) is 0. The lowest BCUT2D eigenvalue weighted by atomic mass is 9.95. The van der Waals surface area contributed by atoms with Gasteiger partial charge < -0.3 is 20.6 Å². The van der Waals surface area contributed by atoms with Gasteiger partial charge in [-0.15, -0.1) is 0 Å². The maximum Gasteiger partial charge on any atom is 0.120 e. The summed E-state index contributed by atoms with van der Waals surface area (Å²) in [5, 5.41) is 31.9. The lowest BCUT2D eigenvalue weighted by molar-refractivity contribution is 0.0790. The third kappa shape index (κ3) is 3.22. The number of phenolic OH excluding ortho intramolecular Hbond substituents is 1. The largest absolute Gasteiger partial charge is 0.508 e. The Kier molecular flexibility index (Phi) is 5.14. The molecule has 0 aliphatic rings. The van der Waals surface area contributed by atoms with Crippen LogP contribution in [0.2, 0.25) is 0 Å². The molecule has 0 amide bonds. The Bertz CT molecular complexity index is 380. The van der Waals surface area contributed by atoms with Gasteiger partial charge in [-0.05, 0) is 26.3 Å². The minimum atomic E-state index is -0.713. The molecule has 18 heavy (non-hydrogen) atoms. The van der Waals surface area contributed by atoms with Crippen molar-refractivity contribution >= 4 is 0 Å². The van der Waals surface area contributed by atoms with E-state index in [9.17, 15) is 15.3 Å². The van der Waals surface area contributed by atoms with Crippen LogP contribution in [0.15, 0.2) is 18.2 Å². The Morgan fingerprint density at radius 1 is 1.28 bits per heavy atom. The standard InChI is InChI=1S/C14H23NO3/c1-4-14(8-16,9-17)15-11(3)12-7-10(2)5-6-13(12)18/h5-7,11,15-18H,4,8-9H2,1-3H3. The van der Waals surface area contributed by atoms with Gasteiger partial charge in [-0.25, -0.2) is 0 Å². The number of benzene rings is 1. The van der Waals surface area contributed by atoms with Crippen molar-refractivity contribution < 1.29 is 15.3 Å². The average Bonchev–Trinajstić information content (AvgIpc) is 2.38. The van der Waals surface area contributed by atoms with Crippen LogP contribution in [0.25, 0.3) is 0 Å². The summed E-state index contributed by atoms with van der Waals surface area (Å²) >= 11 is 0. The average molecular weight is 253 g/mol. The molecule has 0 aliphatic heterocycles. The van der Waals surface area contributed by atoms with Crippen molar-refractivity contribution in [3.8, 4) is 5.75 Å². The number of aliphatic hydroxyl groups is 2. The SMILES string of the molecule is CCC(CO)(CO)NC(C)c1cc(C)ccc1O. The molecule has 0 saturated carbocycles. The predicted octanol–water partition coefficient (Wildman–Crippen LogP) is 1.48. The molecule has 0 radical (unpaired) electrons. The Balaban J connectivity index is 2.93. The number of hydrogen-bond acceptors (Lipinski definition) is 4. The third-order valence-electron chi connectivity index (χ3n) is 3.45. The monoisotopic (exact) mass is 253 g/mol. The number of rotatable bonds is 6. The van der Waals surface area contributed by atoms with E-state index in [0.29, 0.717) is 6.42 Å². The molecule has 1 rings (SSSR count). The van der Waals surface area contributed by atoms with E-state index in [-0.39, 0.29) is 25.0 Å². The normalized spacial score (nSPS) is 13.6. The van der Waals surface area contributed by atoms with E-state index in [0.717, 1.165) is 11.1 Å². The van der Waals surface area contributed by atoms with Crippen molar-refractivity contribution in [2.75, 3.05) is 13.2 Å². The van der Waals surface area contributed by atoms with E-state index in [1.54, 1.807) is 6.07 Å². The highest BCUT2D eigenvalue weighted by Gasteiger charge is 2.29. The second-order valence-electron chi connectivity index (χ2n) is 4.88. The fraction of sp³-hybridized carbons (Fsp3) is 0.571. The van der Waals surface area contributed by atoms with Crippen molar-refractivity contribution in [2.24, 2.45) is 0 Å². The van der Waals surface area contributed by atoms with Crippen LogP contribution in [0.3, 0.4) is 0 Å². The third-order valence-corrected chi connectivity index (χ3v) is 3.45. The van der Waals surface area contributed by atoms with Crippen LogP contribution in [0.4, 0.5) is 0 Å². The Labute approximate surface area is 108 Å². The highest BCUT2D eigenvalue weighted by Crippen LogP contribution is 2.27. The molecule has 0 aliphatic carbocycles. The van der Waals surface area contributed by atoms with Crippen LogP contribution >= 0.6 is 0 Å². The van der Waals surface area contributed by atoms with E-state index in [1.165, 1.54) is 0 Å². The zero-order valence-corrected chi connectivity index (χ0v) is 11.3. The first-order valence-electron chi connectivity index (χ1n) is 6.27. The molecule has 1 atom stereocenters. The van der Waals surface area contributed by atoms with E-state index in [4.69, 9.17) is 0 Å². The molecule has 1 aromatic carbocycles. The zero-order chi connectivity index (χ0) is 13.8. The van der Waals surface area contributed by atoms with Crippen LogP contribution in [0, 0.1) is 6.92 Å². The first-order valence-corrected chi connectivity index (χ1v) is 6.27. The van der Waals surface area contributed by atoms with Crippen molar-refractivity contribution in [1.82, 2.24) is 5.32 Å². The number of hydrogen-bond donors (Lipinski definition) is 4. The number of nitrogens with one attached hydrogen (secondary N) is 1. The Morgan fingerprint density at radius 2 is 1.89 bits per heavy atom. The Hall–Kier alpha value is -1.10. The van der Waals surface area contributed by atoms with Crippen LogP contribution in [-0.4, -0.2) is 34.1 Å². The predicted molar refractivity (Wildman–Crippen MR) is 71.6 cm³/mol. The smallest absolute Gasteiger partial charge is 0.120 e. The molecular weight excluding hydrogens is 230 g/mol. The second kappa shape index (κ2) is 6.18. The summed E-state index contributed by atoms with van der Waals surface area (Å²) in [6.07, 6.45) is 0.608. The van der Waals surface area contributed by atoms with Gasteiger partial charge in [0.05, 0.1) is 18.8 Å². The molecule has 1 unspecified atom stereocenters. The van der Waals surface area contributed by atoms with Gasteiger partial charge in [0, 0.05) is 11.6 Å². The molecule has 0 fully saturated rings. The number of phenols is 1. The lowest BCUT2D eigenvalue weighted by Crippen LogP contribution is -2.52. The molecule has 0 heterocycles. The molecule has 4 nitrogen and oxygen atoms in total. The van der Waals surface area contributed by atoms with Gasteiger partial charge in [0.1, 0.15) is 5.75 Å². The van der Waals surface area contributed by atoms with Gasteiger partial charge in [-0.3, -0.25) is 0 Å². The van der Waals surface area contributed by atoms with Crippen LogP contribution < -0.4 is 5.32 Å². The topological polar surface area (TPSA) is 72.7 Å². The molecule has 1 aromatic rings. The van der Waals surface area contributed by atoms with Crippen LogP contribution in [-0.2, 0) is 0 Å². The van der Waals surface area contributed by atoms with E-state index < -0.39 is 5.54 Å². The van der Waals surface area contributed by atoms with Gasteiger partial charge in [0.15, 0.2) is 0 Å². The minimum absolute atomic E-state index is 0.142. The molecule has 0 spiro atoms. The summed E-state index contributed by atoms with van der Waals surface area (Å²) in [6.45, 7) is 5.49. The highest BCUT2D eigenvalue weighted by atomic mass is 16.3. The summed E-state index contributed by atoms with van der Waals surface area (Å²) in [5.41, 5.74) is 1.12. The van der Waals surface area contributed by atoms with Crippen molar-refractivity contribution in [3.05, 3.63) is 29.3 Å². The van der Waals surface area contributed by atoms with Gasteiger partial charge in [0.25, 0.3) is 0 Å². The number of aryl methyl sites for hydroxylation is 1. The van der Waals surface area contributed by atoms with Gasteiger partial charge >= 0.3 is 0 Å². The fourth-order valence-corrected chi connectivity index (χ4v) is 2.02. The molecule has 0 bridgehead atoms. The minimum Gasteiger partial charge on any atom is -0.508 e. The van der Waals surface area contributed by atoms with Crippen molar-refractivity contribution in [1.29, 1.82) is 0 Å². The fourth-order valence-electron chi connectivity index (χ4n) is 2.02. The van der Waals surface area contributed by atoms with Crippen molar-refractivity contribution in [2.45, 2.75) is 38.8 Å². The van der Waals surface area contributed by atoms with Crippen LogP contribution in [0.1, 0.15) is 37.4 Å². The van der Waals surface area contributed by atoms with Gasteiger partial charge in [-0.1, -0.05) is 24.6 Å². The summed E-state index contributed by atoms with van der Waals surface area (Å²) in [7, 11) is 0. The molecule has 0 saturated heterocycles. The molecule has 0 aromatic heterocycles. The number of aliphatic hydroxyl groups excluding tert-OH is 2. The van der Waals surface area contributed by atoms with Crippen LogP contribution in [0.5, 0.6) is 5.75 Å². The van der Waals surface area contributed by atoms with E-state index in [1.807, 2.05) is 32.9 Å². The molecule has 102 valence electrons. The number of aromatic hydroxyl groups is 1. The highest BCUT2D eigenvalue weighted by molar-refractivity contribution is 5.37. The van der Waals surface area contributed by atoms with Crippen molar-refractivity contribution in [3.63, 3.8) is 0 Å². The molecule has 4 N–H and O–H groups in total. The summed E-state index contributed by atoms with van der Waals surface area (Å²) in [6, 6.07) is 5.26. The van der Waals surface area contributed by atoms with E-state index in [2.05, 4.69) is 5.32 Å². The van der Waals surface area contributed by atoms with E-state index >= 15 is 0 Å². The quantitative estimate of drug-likeness (QED) is 0.620. The summed E-state index contributed by atoms with van der Waals surface area (Å²) < 4.78 is 0. The maximum absolute atomic E-state index is 9.86. The molecular formula is C14H23NO3. The lowest BCUT2D eigenvalue weighted by Gasteiger charge is -2.33. The maximum atomic E-state index is 9.86.